The smallest absolute Gasteiger partial charge is 0.223 e. The van der Waals surface area contributed by atoms with Crippen molar-refractivity contribution in [2.24, 2.45) is 11.8 Å². The Labute approximate surface area is 168 Å². The highest BCUT2D eigenvalue weighted by Gasteiger charge is 2.39. The van der Waals surface area contributed by atoms with Crippen molar-refractivity contribution < 1.29 is 14.3 Å². The number of Topliss-reactive ketones (excluding diaryl/α,β-unsaturated/α-hetero) is 1. The van der Waals surface area contributed by atoms with Crippen LogP contribution in [0.5, 0.6) is 11.5 Å². The number of ketones is 1. The van der Waals surface area contributed by atoms with E-state index >= 15 is 0 Å². The summed E-state index contributed by atoms with van der Waals surface area (Å²) in [4.78, 5) is 27.8. The molecule has 28 heavy (non-hydrogen) atoms. The number of anilines is 2. The number of nitrogen functional groups attached to an aromatic ring is 1. The summed E-state index contributed by atoms with van der Waals surface area (Å²) in [6, 6.07) is 1.82. The second-order valence-electron chi connectivity index (χ2n) is 7.22. The van der Waals surface area contributed by atoms with Crippen LogP contribution in [-0.4, -0.2) is 41.5 Å². The molecule has 1 saturated carbocycles. The molecule has 0 aromatic carbocycles. The Morgan fingerprint density at radius 2 is 2.00 bits per heavy atom. The number of pyridine rings is 1. The number of nitrogens with two attached hydrogens (primary N) is 1. The van der Waals surface area contributed by atoms with Crippen LogP contribution in [0.2, 0.25) is 5.15 Å². The zero-order valence-electron chi connectivity index (χ0n) is 15.8. The van der Waals surface area contributed by atoms with Crippen molar-refractivity contribution in [3.8, 4) is 11.5 Å². The number of carbonyl (C=O) groups excluding carboxylic acids is 1. The van der Waals surface area contributed by atoms with Gasteiger partial charge in [0.15, 0.2) is 17.3 Å². The van der Waals surface area contributed by atoms with Crippen LogP contribution in [0.15, 0.2) is 12.3 Å². The number of rotatable bonds is 6. The molecule has 1 atom stereocenters. The average Bonchev–Trinajstić information content (AvgIpc) is 3.49. The van der Waals surface area contributed by atoms with E-state index in [0.29, 0.717) is 41.9 Å². The van der Waals surface area contributed by atoms with Crippen LogP contribution in [0.4, 0.5) is 11.8 Å². The summed E-state index contributed by atoms with van der Waals surface area (Å²) >= 11 is 6.28. The number of nitrogens with zero attached hydrogens (tertiary/aromatic N) is 4. The Morgan fingerprint density at radius 3 is 2.68 bits per heavy atom. The van der Waals surface area contributed by atoms with Crippen LogP contribution >= 0.6 is 11.6 Å². The Hall–Kier alpha value is -2.61. The lowest BCUT2D eigenvalue weighted by molar-refractivity contribution is 0.0903. The van der Waals surface area contributed by atoms with E-state index in [2.05, 4.69) is 15.0 Å². The maximum Gasteiger partial charge on any atom is 0.223 e. The van der Waals surface area contributed by atoms with Crippen molar-refractivity contribution in [1.29, 1.82) is 0 Å². The van der Waals surface area contributed by atoms with Crippen molar-refractivity contribution in [3.05, 3.63) is 28.7 Å². The number of fused-ring (bicyclic) bond motifs is 1. The van der Waals surface area contributed by atoms with Gasteiger partial charge in [0.1, 0.15) is 11.0 Å². The number of aromatic nitrogens is 3. The quantitative estimate of drug-likeness (QED) is 0.734. The fraction of sp³-hybridized carbons (Fsp3) is 0.474. The summed E-state index contributed by atoms with van der Waals surface area (Å²) < 4.78 is 10.6. The van der Waals surface area contributed by atoms with E-state index in [1.54, 1.807) is 20.4 Å². The van der Waals surface area contributed by atoms with Gasteiger partial charge in [-0.2, -0.15) is 4.98 Å². The normalized spacial score (nSPS) is 18.8. The van der Waals surface area contributed by atoms with Gasteiger partial charge >= 0.3 is 0 Å². The maximum atomic E-state index is 13.0. The van der Waals surface area contributed by atoms with Gasteiger partial charge in [-0.15, -0.1) is 0 Å². The third-order valence-corrected chi connectivity index (χ3v) is 5.49. The average molecular weight is 404 g/mol. The van der Waals surface area contributed by atoms with Crippen LogP contribution in [0.25, 0.3) is 0 Å². The summed E-state index contributed by atoms with van der Waals surface area (Å²) in [6.45, 7) is 0.986. The number of carbonyl (C=O) groups is 1. The molecule has 1 fully saturated rings. The van der Waals surface area contributed by atoms with Gasteiger partial charge in [-0.25, -0.2) is 4.98 Å². The topological polar surface area (TPSA) is 103 Å². The summed E-state index contributed by atoms with van der Waals surface area (Å²) in [7, 11) is 3.14. The molecule has 148 valence electrons. The van der Waals surface area contributed by atoms with Gasteiger partial charge in [0, 0.05) is 18.5 Å². The molecule has 0 radical (unpaired) electrons. The highest BCUT2D eigenvalue weighted by Crippen LogP contribution is 2.41. The minimum atomic E-state index is -0.134. The first-order valence-corrected chi connectivity index (χ1v) is 9.57. The molecule has 3 heterocycles. The van der Waals surface area contributed by atoms with Gasteiger partial charge in [0.25, 0.3) is 0 Å². The van der Waals surface area contributed by atoms with Gasteiger partial charge in [-0.3, -0.25) is 9.78 Å². The molecule has 4 rings (SSSR count). The minimum Gasteiger partial charge on any atom is -0.493 e. The lowest BCUT2D eigenvalue weighted by Gasteiger charge is -2.34. The molecule has 2 aromatic heterocycles. The summed E-state index contributed by atoms with van der Waals surface area (Å²) in [5.41, 5.74) is 6.91. The molecular weight excluding hydrogens is 382 g/mol. The van der Waals surface area contributed by atoms with E-state index in [4.69, 9.17) is 26.8 Å². The first-order chi connectivity index (χ1) is 13.5. The van der Waals surface area contributed by atoms with E-state index in [9.17, 15) is 4.79 Å². The molecule has 1 aliphatic heterocycles. The molecule has 2 aromatic rings. The molecule has 2 N–H and O–H groups in total. The SMILES string of the molecule is COc1cnc(CN2CC(CC3CC3)C(=O)c3c(Cl)nc(N)nc32)cc1OC. The summed E-state index contributed by atoms with van der Waals surface area (Å²) in [5, 5.41) is 0.110. The molecular formula is C19H22ClN5O3. The van der Waals surface area contributed by atoms with E-state index in [1.807, 2.05) is 11.0 Å². The minimum absolute atomic E-state index is 0.00317. The van der Waals surface area contributed by atoms with E-state index < -0.39 is 0 Å². The second kappa shape index (κ2) is 7.43. The molecule has 0 spiro atoms. The summed E-state index contributed by atoms with van der Waals surface area (Å²) in [6.07, 6.45) is 4.84. The number of methoxy groups -OCH3 is 2. The Balaban J connectivity index is 1.69. The van der Waals surface area contributed by atoms with Crippen LogP contribution in [0.1, 0.15) is 35.3 Å². The summed E-state index contributed by atoms with van der Waals surface area (Å²) in [5.74, 6) is 2.14. The molecule has 1 aliphatic carbocycles. The molecule has 1 unspecified atom stereocenters. The number of ether oxygens (including phenoxy) is 2. The van der Waals surface area contributed by atoms with Crippen molar-refractivity contribution in [1.82, 2.24) is 15.0 Å². The van der Waals surface area contributed by atoms with Gasteiger partial charge < -0.3 is 20.1 Å². The van der Waals surface area contributed by atoms with E-state index in [0.717, 1.165) is 12.1 Å². The number of halogens is 1. The third kappa shape index (κ3) is 3.56. The predicted octanol–water partition coefficient (Wildman–Crippen LogP) is 2.74. The van der Waals surface area contributed by atoms with Crippen LogP contribution in [0.3, 0.4) is 0 Å². The van der Waals surface area contributed by atoms with Crippen LogP contribution in [-0.2, 0) is 6.54 Å². The van der Waals surface area contributed by atoms with Crippen molar-refractivity contribution >= 4 is 29.2 Å². The van der Waals surface area contributed by atoms with Gasteiger partial charge in [-0.05, 0) is 12.3 Å². The Kier molecular flexibility index (Phi) is 4.97. The zero-order valence-corrected chi connectivity index (χ0v) is 16.6. The van der Waals surface area contributed by atoms with Crippen LogP contribution < -0.4 is 20.1 Å². The molecule has 2 aliphatic rings. The fourth-order valence-electron chi connectivity index (χ4n) is 3.65. The highest BCUT2D eigenvalue weighted by molar-refractivity contribution is 6.34. The number of hydrogen-bond acceptors (Lipinski definition) is 8. The fourth-order valence-corrected chi connectivity index (χ4v) is 3.92. The molecule has 8 nitrogen and oxygen atoms in total. The number of hydrogen-bond donors (Lipinski definition) is 1. The third-order valence-electron chi connectivity index (χ3n) is 5.22. The van der Waals surface area contributed by atoms with Crippen molar-refractivity contribution in [2.75, 3.05) is 31.4 Å². The molecule has 0 saturated heterocycles. The van der Waals surface area contributed by atoms with Crippen molar-refractivity contribution in [3.63, 3.8) is 0 Å². The Morgan fingerprint density at radius 1 is 1.25 bits per heavy atom. The van der Waals surface area contributed by atoms with Gasteiger partial charge in [0.2, 0.25) is 5.95 Å². The monoisotopic (exact) mass is 403 g/mol. The lowest BCUT2D eigenvalue weighted by atomic mass is 9.89. The zero-order chi connectivity index (χ0) is 19.8. The van der Waals surface area contributed by atoms with E-state index in [1.165, 1.54) is 12.8 Å². The highest BCUT2D eigenvalue weighted by atomic mass is 35.5. The maximum absolute atomic E-state index is 13.0. The van der Waals surface area contributed by atoms with E-state index in [-0.39, 0.29) is 22.8 Å². The van der Waals surface area contributed by atoms with Gasteiger partial charge in [0.05, 0.1) is 38.2 Å². The molecule has 9 heteroatoms. The van der Waals surface area contributed by atoms with Crippen LogP contribution in [0, 0.1) is 11.8 Å². The molecule has 0 bridgehead atoms. The standard InChI is InChI=1S/C19H22ClN5O3/c1-27-13-6-12(22-7-14(13)28-2)9-25-8-11(5-10-3-4-10)16(26)15-17(20)23-19(21)24-18(15)25/h6-7,10-11H,3-5,8-9H2,1-2H3,(H2,21,23,24). The molecule has 0 amide bonds. The predicted molar refractivity (Wildman–Crippen MR) is 105 cm³/mol. The first kappa shape index (κ1) is 18.7. The second-order valence-corrected chi connectivity index (χ2v) is 7.58. The first-order valence-electron chi connectivity index (χ1n) is 9.19. The van der Waals surface area contributed by atoms with Crippen molar-refractivity contribution in [2.45, 2.75) is 25.8 Å². The Bertz CT molecular complexity index is 919. The van der Waals surface area contributed by atoms with Gasteiger partial charge in [-0.1, -0.05) is 24.4 Å². The largest absolute Gasteiger partial charge is 0.493 e. The lowest BCUT2D eigenvalue weighted by Crippen LogP contribution is -2.40.